The summed E-state index contributed by atoms with van der Waals surface area (Å²) in [6, 6.07) is 5.46. The van der Waals surface area contributed by atoms with Gasteiger partial charge in [-0.1, -0.05) is 0 Å². The Bertz CT molecular complexity index is 526. The summed E-state index contributed by atoms with van der Waals surface area (Å²) >= 11 is 0. The van der Waals surface area contributed by atoms with Gasteiger partial charge in [0.15, 0.2) is 0 Å². The van der Waals surface area contributed by atoms with Gasteiger partial charge in [0, 0.05) is 11.8 Å². The molecule has 0 aliphatic heterocycles. The zero-order chi connectivity index (χ0) is 11.5. The first-order valence-electron chi connectivity index (χ1n) is 4.47. The van der Waals surface area contributed by atoms with Crippen LogP contribution in [0.1, 0.15) is 10.4 Å². The molecule has 0 saturated heterocycles. The zero-order valence-corrected chi connectivity index (χ0v) is 8.09. The molecule has 1 aromatic carbocycles. The third kappa shape index (κ3) is 1.88. The van der Waals surface area contributed by atoms with Crippen molar-refractivity contribution in [2.24, 2.45) is 0 Å². The van der Waals surface area contributed by atoms with Crippen LogP contribution in [0.2, 0.25) is 0 Å². The number of hydrogen-bond donors (Lipinski definition) is 1. The van der Waals surface area contributed by atoms with E-state index < -0.39 is 5.97 Å². The molecular formula is C11H7FN2O2. The standard InChI is InChI=1S/C11H7FN2O2/c12-8-3-1-7(2-4-8)10-9(11(15)16)5-13-6-14-10/h1-6H,(H,15,16). The average molecular weight is 218 g/mol. The van der Waals surface area contributed by atoms with Crippen molar-refractivity contribution < 1.29 is 14.3 Å². The number of hydrogen-bond acceptors (Lipinski definition) is 3. The van der Waals surface area contributed by atoms with Crippen molar-refractivity contribution in [1.29, 1.82) is 0 Å². The summed E-state index contributed by atoms with van der Waals surface area (Å²) in [5, 5.41) is 8.93. The predicted molar refractivity (Wildman–Crippen MR) is 54.4 cm³/mol. The number of halogens is 1. The third-order valence-corrected chi connectivity index (χ3v) is 2.06. The summed E-state index contributed by atoms with van der Waals surface area (Å²) in [5.74, 6) is -1.49. The molecule has 0 unspecified atom stereocenters. The number of carboxylic acids is 1. The molecule has 80 valence electrons. The molecule has 1 heterocycles. The first kappa shape index (κ1) is 10.2. The van der Waals surface area contributed by atoms with Crippen molar-refractivity contribution in [2.75, 3.05) is 0 Å². The second-order valence-corrected chi connectivity index (χ2v) is 3.10. The molecule has 5 heteroatoms. The Kier molecular flexibility index (Phi) is 2.59. The number of aromatic carboxylic acids is 1. The Hall–Kier alpha value is -2.30. The van der Waals surface area contributed by atoms with Crippen molar-refractivity contribution in [3.8, 4) is 11.3 Å². The number of benzene rings is 1. The zero-order valence-electron chi connectivity index (χ0n) is 8.09. The molecule has 0 spiro atoms. The molecule has 1 aromatic heterocycles. The lowest BCUT2D eigenvalue weighted by atomic mass is 10.1. The Labute approximate surface area is 90.4 Å². The van der Waals surface area contributed by atoms with E-state index in [1.165, 1.54) is 36.8 Å². The molecule has 0 amide bonds. The third-order valence-electron chi connectivity index (χ3n) is 2.06. The Morgan fingerprint density at radius 1 is 1.25 bits per heavy atom. The van der Waals surface area contributed by atoms with E-state index in [1.54, 1.807) is 0 Å². The minimum Gasteiger partial charge on any atom is -0.478 e. The summed E-state index contributed by atoms with van der Waals surface area (Å²) in [5.41, 5.74) is 0.817. The van der Waals surface area contributed by atoms with Crippen molar-refractivity contribution >= 4 is 5.97 Å². The maximum absolute atomic E-state index is 12.7. The van der Waals surface area contributed by atoms with Crippen LogP contribution in [0.25, 0.3) is 11.3 Å². The van der Waals surface area contributed by atoms with Crippen LogP contribution in [0.3, 0.4) is 0 Å². The number of aromatic nitrogens is 2. The van der Waals surface area contributed by atoms with Gasteiger partial charge < -0.3 is 5.11 Å². The summed E-state index contributed by atoms with van der Waals surface area (Å²) in [6.07, 6.45) is 2.47. The van der Waals surface area contributed by atoms with Crippen LogP contribution in [0.5, 0.6) is 0 Å². The largest absolute Gasteiger partial charge is 0.478 e. The van der Waals surface area contributed by atoms with E-state index in [4.69, 9.17) is 5.11 Å². The van der Waals surface area contributed by atoms with Crippen LogP contribution in [-0.4, -0.2) is 21.0 Å². The summed E-state index contributed by atoms with van der Waals surface area (Å²) in [7, 11) is 0. The highest BCUT2D eigenvalue weighted by atomic mass is 19.1. The van der Waals surface area contributed by atoms with Gasteiger partial charge in [-0.25, -0.2) is 19.2 Å². The number of carbonyl (C=O) groups is 1. The van der Waals surface area contributed by atoms with Gasteiger partial charge in [-0.2, -0.15) is 0 Å². The quantitative estimate of drug-likeness (QED) is 0.837. The first-order valence-corrected chi connectivity index (χ1v) is 4.47. The fourth-order valence-electron chi connectivity index (χ4n) is 1.32. The maximum Gasteiger partial charge on any atom is 0.339 e. The van der Waals surface area contributed by atoms with Crippen molar-refractivity contribution in [1.82, 2.24) is 9.97 Å². The predicted octanol–water partition coefficient (Wildman–Crippen LogP) is 1.98. The Balaban J connectivity index is 2.55. The SMILES string of the molecule is O=C(O)c1cncnc1-c1ccc(F)cc1. The summed E-state index contributed by atoms with van der Waals surface area (Å²) in [6.45, 7) is 0. The normalized spacial score (nSPS) is 10.1. The topological polar surface area (TPSA) is 63.1 Å². The molecule has 4 nitrogen and oxygen atoms in total. The molecule has 0 atom stereocenters. The minimum absolute atomic E-state index is 0.00546. The van der Waals surface area contributed by atoms with E-state index in [1.807, 2.05) is 0 Å². The van der Waals surface area contributed by atoms with E-state index in [-0.39, 0.29) is 17.1 Å². The second-order valence-electron chi connectivity index (χ2n) is 3.10. The smallest absolute Gasteiger partial charge is 0.339 e. The highest BCUT2D eigenvalue weighted by Gasteiger charge is 2.12. The number of rotatable bonds is 2. The minimum atomic E-state index is -1.11. The molecule has 0 saturated carbocycles. The van der Waals surface area contributed by atoms with Crippen LogP contribution in [0, 0.1) is 5.82 Å². The van der Waals surface area contributed by atoms with E-state index in [2.05, 4.69) is 9.97 Å². The Morgan fingerprint density at radius 2 is 1.94 bits per heavy atom. The van der Waals surface area contributed by atoms with Gasteiger partial charge in [0.05, 0.1) is 5.69 Å². The van der Waals surface area contributed by atoms with Gasteiger partial charge >= 0.3 is 5.97 Å². The lowest BCUT2D eigenvalue weighted by Crippen LogP contribution is -2.02. The van der Waals surface area contributed by atoms with Crippen LogP contribution in [0.4, 0.5) is 4.39 Å². The van der Waals surface area contributed by atoms with E-state index in [0.29, 0.717) is 5.56 Å². The van der Waals surface area contributed by atoms with Gasteiger partial charge in [-0.3, -0.25) is 0 Å². The summed E-state index contributed by atoms with van der Waals surface area (Å²) in [4.78, 5) is 18.4. The van der Waals surface area contributed by atoms with Crippen LogP contribution < -0.4 is 0 Å². The Morgan fingerprint density at radius 3 is 2.56 bits per heavy atom. The van der Waals surface area contributed by atoms with E-state index >= 15 is 0 Å². The molecule has 0 bridgehead atoms. The fourth-order valence-corrected chi connectivity index (χ4v) is 1.32. The van der Waals surface area contributed by atoms with Crippen molar-refractivity contribution in [3.63, 3.8) is 0 Å². The monoisotopic (exact) mass is 218 g/mol. The second kappa shape index (κ2) is 4.06. The lowest BCUT2D eigenvalue weighted by molar-refractivity contribution is 0.0697. The first-order chi connectivity index (χ1) is 7.68. The van der Waals surface area contributed by atoms with Crippen LogP contribution in [0.15, 0.2) is 36.8 Å². The van der Waals surface area contributed by atoms with Crippen molar-refractivity contribution in [3.05, 3.63) is 48.2 Å². The van der Waals surface area contributed by atoms with E-state index in [9.17, 15) is 9.18 Å². The molecule has 2 aromatic rings. The molecule has 0 radical (unpaired) electrons. The van der Waals surface area contributed by atoms with Gasteiger partial charge in [0.1, 0.15) is 17.7 Å². The maximum atomic E-state index is 12.7. The molecule has 2 rings (SSSR count). The number of carboxylic acid groups (broad SMARTS) is 1. The highest BCUT2D eigenvalue weighted by Crippen LogP contribution is 2.20. The highest BCUT2D eigenvalue weighted by molar-refractivity contribution is 5.94. The average Bonchev–Trinajstić information content (AvgIpc) is 2.30. The summed E-state index contributed by atoms with van der Waals surface area (Å²) < 4.78 is 12.7. The molecule has 0 aliphatic rings. The fraction of sp³-hybridized carbons (Fsp3) is 0. The van der Waals surface area contributed by atoms with Gasteiger partial charge in [0.2, 0.25) is 0 Å². The van der Waals surface area contributed by atoms with Crippen molar-refractivity contribution in [2.45, 2.75) is 0 Å². The van der Waals surface area contributed by atoms with Crippen LogP contribution in [-0.2, 0) is 0 Å². The molecule has 1 N–H and O–H groups in total. The molecule has 0 aliphatic carbocycles. The number of nitrogens with zero attached hydrogens (tertiary/aromatic N) is 2. The van der Waals surface area contributed by atoms with E-state index in [0.717, 1.165) is 0 Å². The van der Waals surface area contributed by atoms with Gasteiger partial charge in [-0.15, -0.1) is 0 Å². The molecule has 16 heavy (non-hydrogen) atoms. The lowest BCUT2D eigenvalue weighted by Gasteiger charge is -2.03. The van der Waals surface area contributed by atoms with Gasteiger partial charge in [0.25, 0.3) is 0 Å². The van der Waals surface area contributed by atoms with Gasteiger partial charge in [-0.05, 0) is 24.3 Å². The molecular weight excluding hydrogens is 211 g/mol. The van der Waals surface area contributed by atoms with Crippen LogP contribution >= 0.6 is 0 Å². The molecule has 0 fully saturated rings.